The highest BCUT2D eigenvalue weighted by molar-refractivity contribution is 5.79. The average Bonchev–Trinajstić information content (AvgIpc) is 3.30. The molecule has 0 radical (unpaired) electrons. The van der Waals surface area contributed by atoms with Gasteiger partial charge in [0.1, 0.15) is 0 Å². The van der Waals surface area contributed by atoms with E-state index in [1.165, 1.54) is 25.7 Å². The summed E-state index contributed by atoms with van der Waals surface area (Å²) in [5, 5.41) is 6.80. The van der Waals surface area contributed by atoms with Crippen molar-refractivity contribution >= 4 is 5.96 Å². The third kappa shape index (κ3) is 7.50. The topological polar surface area (TPSA) is 64.1 Å². The van der Waals surface area contributed by atoms with Gasteiger partial charge >= 0.3 is 0 Å². The van der Waals surface area contributed by atoms with Crippen LogP contribution in [-0.2, 0) is 14.2 Å². The number of nitrogens with one attached hydrogen (secondary N) is 2. The van der Waals surface area contributed by atoms with Gasteiger partial charge < -0.3 is 24.8 Å². The Hall–Kier alpha value is -0.850. The second-order valence-corrected chi connectivity index (χ2v) is 7.28. The molecule has 0 aromatic carbocycles. The fraction of sp³-hybridized carbons (Fsp3) is 0.947. The summed E-state index contributed by atoms with van der Waals surface area (Å²) in [6.07, 6.45) is 8.62. The second kappa shape index (κ2) is 11.7. The van der Waals surface area contributed by atoms with Crippen LogP contribution in [-0.4, -0.2) is 65.2 Å². The molecule has 0 bridgehead atoms. The largest absolute Gasteiger partial charge is 0.385 e. The van der Waals surface area contributed by atoms with Crippen LogP contribution in [0.2, 0.25) is 0 Å². The van der Waals surface area contributed by atoms with Crippen molar-refractivity contribution in [1.29, 1.82) is 0 Å². The summed E-state index contributed by atoms with van der Waals surface area (Å²) in [6, 6.07) is 0. The van der Waals surface area contributed by atoms with Gasteiger partial charge in [0.05, 0.1) is 12.7 Å². The van der Waals surface area contributed by atoms with Crippen LogP contribution < -0.4 is 10.6 Å². The number of aliphatic imine (C=N–C) groups is 1. The highest BCUT2D eigenvalue weighted by Gasteiger charge is 2.33. The van der Waals surface area contributed by atoms with Crippen LogP contribution in [0.5, 0.6) is 0 Å². The molecular formula is C19H37N3O3. The molecule has 146 valence electrons. The smallest absolute Gasteiger partial charge is 0.191 e. The Morgan fingerprint density at radius 1 is 1.24 bits per heavy atom. The van der Waals surface area contributed by atoms with E-state index in [0.29, 0.717) is 11.5 Å². The van der Waals surface area contributed by atoms with E-state index >= 15 is 0 Å². The maximum Gasteiger partial charge on any atom is 0.191 e. The molecule has 0 spiro atoms. The summed E-state index contributed by atoms with van der Waals surface area (Å²) in [5.74, 6) is 0.926. The molecule has 1 saturated carbocycles. The SMILES string of the molecule is CCNC(=NCC1(CCOC)CCCC1)NCCCOC1CCOC1. The van der Waals surface area contributed by atoms with Crippen LogP contribution >= 0.6 is 0 Å². The van der Waals surface area contributed by atoms with E-state index in [4.69, 9.17) is 19.2 Å². The normalized spacial score (nSPS) is 23.1. The predicted octanol–water partition coefficient (Wildman–Crippen LogP) is 2.33. The van der Waals surface area contributed by atoms with Gasteiger partial charge in [0.25, 0.3) is 0 Å². The van der Waals surface area contributed by atoms with Crippen molar-refractivity contribution < 1.29 is 14.2 Å². The number of hydrogen-bond donors (Lipinski definition) is 2. The molecule has 0 aromatic rings. The number of rotatable bonds is 11. The molecule has 0 amide bonds. The molecule has 1 atom stereocenters. The standard InChI is InChI=1S/C19H37N3O3/c1-3-20-18(21-11-6-12-25-17-7-13-24-15-17)22-16-19(10-14-23-2)8-4-5-9-19/h17H,3-16H2,1-2H3,(H2,20,21,22). The fourth-order valence-corrected chi connectivity index (χ4v) is 3.69. The average molecular weight is 356 g/mol. The molecule has 25 heavy (non-hydrogen) atoms. The molecule has 2 aliphatic rings. The third-order valence-electron chi connectivity index (χ3n) is 5.27. The summed E-state index contributed by atoms with van der Waals surface area (Å²) < 4.78 is 16.4. The van der Waals surface area contributed by atoms with E-state index in [9.17, 15) is 0 Å². The van der Waals surface area contributed by atoms with E-state index in [1.807, 2.05) is 0 Å². The zero-order valence-corrected chi connectivity index (χ0v) is 16.1. The predicted molar refractivity (Wildman–Crippen MR) is 101 cm³/mol. The first kappa shape index (κ1) is 20.5. The van der Waals surface area contributed by atoms with E-state index in [2.05, 4.69) is 17.6 Å². The van der Waals surface area contributed by atoms with E-state index in [-0.39, 0.29) is 0 Å². The van der Waals surface area contributed by atoms with Gasteiger partial charge in [-0.1, -0.05) is 12.8 Å². The van der Waals surface area contributed by atoms with Crippen molar-refractivity contribution in [3.63, 3.8) is 0 Å². The third-order valence-corrected chi connectivity index (χ3v) is 5.27. The summed E-state index contributed by atoms with van der Waals surface area (Å²) >= 11 is 0. The number of ether oxygens (including phenoxy) is 3. The zero-order valence-electron chi connectivity index (χ0n) is 16.1. The van der Waals surface area contributed by atoms with Gasteiger partial charge in [-0.05, 0) is 44.4 Å². The highest BCUT2D eigenvalue weighted by atomic mass is 16.5. The minimum Gasteiger partial charge on any atom is -0.385 e. The molecule has 2 rings (SSSR count). The lowest BCUT2D eigenvalue weighted by Gasteiger charge is -2.27. The van der Waals surface area contributed by atoms with Crippen LogP contribution in [0.4, 0.5) is 0 Å². The Bertz CT molecular complexity index is 378. The van der Waals surface area contributed by atoms with Gasteiger partial charge in [0.2, 0.25) is 0 Å². The first-order chi connectivity index (χ1) is 12.3. The first-order valence-corrected chi connectivity index (χ1v) is 9.98. The van der Waals surface area contributed by atoms with Crippen LogP contribution in [0.15, 0.2) is 4.99 Å². The van der Waals surface area contributed by atoms with Crippen molar-refractivity contribution in [3.8, 4) is 0 Å². The summed E-state index contributed by atoms with van der Waals surface area (Å²) in [5.41, 5.74) is 0.337. The maximum absolute atomic E-state index is 5.81. The Kier molecular flexibility index (Phi) is 9.58. The van der Waals surface area contributed by atoms with Gasteiger partial charge in [0.15, 0.2) is 5.96 Å². The molecule has 1 saturated heterocycles. The molecule has 6 nitrogen and oxygen atoms in total. The minimum atomic E-state index is 0.296. The summed E-state index contributed by atoms with van der Waals surface area (Å²) in [7, 11) is 1.79. The molecule has 2 N–H and O–H groups in total. The lowest BCUT2D eigenvalue weighted by Crippen LogP contribution is -2.39. The van der Waals surface area contributed by atoms with Crippen molar-refractivity contribution in [2.45, 2.75) is 58.0 Å². The van der Waals surface area contributed by atoms with Gasteiger partial charge in [-0.2, -0.15) is 0 Å². The Labute approximate surface area is 153 Å². The van der Waals surface area contributed by atoms with Crippen LogP contribution in [0, 0.1) is 5.41 Å². The Balaban J connectivity index is 1.70. The molecule has 1 unspecified atom stereocenters. The molecule has 1 aliphatic heterocycles. The van der Waals surface area contributed by atoms with E-state index < -0.39 is 0 Å². The van der Waals surface area contributed by atoms with Crippen molar-refractivity contribution in [2.75, 3.05) is 53.2 Å². The van der Waals surface area contributed by atoms with Crippen molar-refractivity contribution in [2.24, 2.45) is 10.4 Å². The number of guanidine groups is 1. The van der Waals surface area contributed by atoms with Crippen molar-refractivity contribution in [3.05, 3.63) is 0 Å². The number of hydrogen-bond acceptors (Lipinski definition) is 4. The second-order valence-electron chi connectivity index (χ2n) is 7.28. The molecule has 6 heteroatoms. The van der Waals surface area contributed by atoms with E-state index in [0.717, 1.165) is 71.3 Å². The van der Waals surface area contributed by atoms with Gasteiger partial charge in [-0.25, -0.2) is 0 Å². The molecule has 1 heterocycles. The van der Waals surface area contributed by atoms with Crippen molar-refractivity contribution in [1.82, 2.24) is 10.6 Å². The van der Waals surface area contributed by atoms with Gasteiger partial charge in [-0.15, -0.1) is 0 Å². The Morgan fingerprint density at radius 3 is 2.76 bits per heavy atom. The molecule has 2 fully saturated rings. The monoisotopic (exact) mass is 355 g/mol. The molecule has 1 aliphatic carbocycles. The van der Waals surface area contributed by atoms with Crippen LogP contribution in [0.1, 0.15) is 51.9 Å². The first-order valence-electron chi connectivity index (χ1n) is 9.98. The zero-order chi connectivity index (χ0) is 17.8. The van der Waals surface area contributed by atoms with Crippen LogP contribution in [0.25, 0.3) is 0 Å². The van der Waals surface area contributed by atoms with Crippen LogP contribution in [0.3, 0.4) is 0 Å². The molecular weight excluding hydrogens is 318 g/mol. The Morgan fingerprint density at radius 2 is 2.08 bits per heavy atom. The molecule has 0 aromatic heterocycles. The van der Waals surface area contributed by atoms with E-state index in [1.54, 1.807) is 7.11 Å². The number of methoxy groups -OCH3 is 1. The highest BCUT2D eigenvalue weighted by Crippen LogP contribution is 2.41. The quantitative estimate of drug-likeness (QED) is 0.338. The fourth-order valence-electron chi connectivity index (χ4n) is 3.69. The minimum absolute atomic E-state index is 0.296. The van der Waals surface area contributed by atoms with Gasteiger partial charge in [0, 0.05) is 46.6 Å². The summed E-state index contributed by atoms with van der Waals surface area (Å²) in [4.78, 5) is 4.87. The lowest BCUT2D eigenvalue weighted by atomic mass is 9.83. The lowest BCUT2D eigenvalue weighted by molar-refractivity contribution is 0.0420. The maximum atomic E-state index is 5.81. The van der Waals surface area contributed by atoms with Gasteiger partial charge in [-0.3, -0.25) is 4.99 Å². The summed E-state index contributed by atoms with van der Waals surface area (Å²) in [6.45, 7) is 7.96. The number of nitrogens with zero attached hydrogens (tertiary/aromatic N) is 1.